The number of aromatic nitrogens is 1. The molecule has 0 bridgehead atoms. The molecular formula is C20H26N4O. The number of carbonyl (C=O) groups excluding carboxylic acids is 1. The summed E-state index contributed by atoms with van der Waals surface area (Å²) in [6.45, 7) is 5.42. The molecule has 0 radical (unpaired) electrons. The molecule has 1 N–H and O–H groups in total. The maximum atomic E-state index is 12.0. The fraction of sp³-hybridized carbons (Fsp3) is 0.400. The first-order valence-corrected chi connectivity index (χ1v) is 9.00. The van der Waals surface area contributed by atoms with Gasteiger partial charge >= 0.3 is 0 Å². The number of piperazine rings is 1. The average molecular weight is 338 g/mol. The zero-order valence-corrected chi connectivity index (χ0v) is 14.6. The zero-order valence-electron chi connectivity index (χ0n) is 14.6. The highest BCUT2D eigenvalue weighted by Gasteiger charge is 2.18. The first-order valence-electron chi connectivity index (χ1n) is 9.00. The van der Waals surface area contributed by atoms with Crippen molar-refractivity contribution in [3.05, 3.63) is 60.3 Å². The van der Waals surface area contributed by atoms with Gasteiger partial charge in [-0.15, -0.1) is 0 Å². The zero-order chi connectivity index (χ0) is 17.3. The number of benzene rings is 1. The summed E-state index contributed by atoms with van der Waals surface area (Å²) >= 11 is 0. The third kappa shape index (κ3) is 5.57. The van der Waals surface area contributed by atoms with Crippen LogP contribution in [-0.2, 0) is 11.2 Å². The first kappa shape index (κ1) is 17.4. The molecule has 3 rings (SSSR count). The highest BCUT2D eigenvalue weighted by molar-refractivity contribution is 5.76. The van der Waals surface area contributed by atoms with Crippen LogP contribution in [0.2, 0.25) is 0 Å². The maximum absolute atomic E-state index is 12.0. The van der Waals surface area contributed by atoms with Gasteiger partial charge in [0.2, 0.25) is 5.91 Å². The van der Waals surface area contributed by atoms with Crippen LogP contribution in [0, 0.1) is 0 Å². The van der Waals surface area contributed by atoms with E-state index in [0.717, 1.165) is 45.0 Å². The van der Waals surface area contributed by atoms with Crippen molar-refractivity contribution in [1.82, 2.24) is 15.2 Å². The number of rotatable bonds is 7. The SMILES string of the molecule is O=C(CCN1CCN(c2ccccn2)CC1)NCCc1ccccc1. The van der Waals surface area contributed by atoms with Crippen molar-refractivity contribution in [2.45, 2.75) is 12.8 Å². The second-order valence-electron chi connectivity index (χ2n) is 6.35. The minimum absolute atomic E-state index is 0.142. The normalized spacial score (nSPS) is 15.1. The summed E-state index contributed by atoms with van der Waals surface area (Å²) in [4.78, 5) is 21.1. The molecule has 1 fully saturated rings. The Kier molecular flexibility index (Phi) is 6.40. The Balaban J connectivity index is 1.31. The van der Waals surface area contributed by atoms with E-state index in [2.05, 4.69) is 38.3 Å². The summed E-state index contributed by atoms with van der Waals surface area (Å²) in [5, 5.41) is 3.02. The van der Waals surface area contributed by atoms with Crippen molar-refractivity contribution in [2.24, 2.45) is 0 Å². The lowest BCUT2D eigenvalue weighted by Gasteiger charge is -2.35. The van der Waals surface area contributed by atoms with Crippen LogP contribution < -0.4 is 10.2 Å². The van der Waals surface area contributed by atoms with Crippen LogP contribution in [0.15, 0.2) is 54.7 Å². The molecule has 132 valence electrons. The van der Waals surface area contributed by atoms with Gasteiger partial charge in [0, 0.05) is 51.9 Å². The van der Waals surface area contributed by atoms with Crippen LogP contribution in [0.5, 0.6) is 0 Å². The molecule has 0 atom stereocenters. The van der Waals surface area contributed by atoms with Gasteiger partial charge in [-0.3, -0.25) is 9.69 Å². The van der Waals surface area contributed by atoms with Gasteiger partial charge in [-0.1, -0.05) is 36.4 Å². The molecule has 1 amide bonds. The molecule has 0 aliphatic carbocycles. The van der Waals surface area contributed by atoms with Crippen molar-refractivity contribution < 1.29 is 4.79 Å². The van der Waals surface area contributed by atoms with Crippen LogP contribution in [0.1, 0.15) is 12.0 Å². The van der Waals surface area contributed by atoms with Crippen LogP contribution in [0.4, 0.5) is 5.82 Å². The molecule has 0 saturated carbocycles. The van der Waals surface area contributed by atoms with Crippen LogP contribution >= 0.6 is 0 Å². The molecule has 1 aliphatic heterocycles. The van der Waals surface area contributed by atoms with Crippen molar-refractivity contribution in [3.8, 4) is 0 Å². The summed E-state index contributed by atoms with van der Waals surface area (Å²) < 4.78 is 0. The Morgan fingerprint density at radius 1 is 1.00 bits per heavy atom. The summed E-state index contributed by atoms with van der Waals surface area (Å²) in [7, 11) is 0. The van der Waals surface area contributed by atoms with Crippen molar-refractivity contribution in [1.29, 1.82) is 0 Å². The Bertz CT molecular complexity index is 639. The molecule has 1 aliphatic rings. The first-order chi connectivity index (χ1) is 12.3. The van der Waals surface area contributed by atoms with Crippen LogP contribution in [0.25, 0.3) is 0 Å². The quantitative estimate of drug-likeness (QED) is 0.838. The molecule has 1 saturated heterocycles. The summed E-state index contributed by atoms with van der Waals surface area (Å²) in [6.07, 6.45) is 3.29. The molecule has 5 heteroatoms. The molecule has 25 heavy (non-hydrogen) atoms. The lowest BCUT2D eigenvalue weighted by atomic mass is 10.1. The van der Waals surface area contributed by atoms with Gasteiger partial charge in [-0.25, -0.2) is 4.98 Å². The fourth-order valence-electron chi connectivity index (χ4n) is 3.08. The molecule has 1 aromatic carbocycles. The Labute approximate surface area is 149 Å². The van der Waals surface area contributed by atoms with Crippen molar-refractivity contribution in [3.63, 3.8) is 0 Å². The van der Waals surface area contributed by atoms with Crippen LogP contribution in [0.3, 0.4) is 0 Å². The Morgan fingerprint density at radius 3 is 2.48 bits per heavy atom. The highest BCUT2D eigenvalue weighted by atomic mass is 16.1. The molecule has 2 aromatic rings. The second kappa shape index (κ2) is 9.18. The van der Waals surface area contributed by atoms with E-state index in [0.29, 0.717) is 13.0 Å². The number of hydrogen-bond donors (Lipinski definition) is 1. The number of carbonyl (C=O) groups is 1. The number of hydrogen-bond acceptors (Lipinski definition) is 4. The number of anilines is 1. The molecule has 0 unspecified atom stereocenters. The second-order valence-corrected chi connectivity index (χ2v) is 6.35. The van der Waals surface area contributed by atoms with Gasteiger partial charge < -0.3 is 10.2 Å². The number of nitrogens with one attached hydrogen (secondary N) is 1. The maximum Gasteiger partial charge on any atom is 0.221 e. The number of nitrogens with zero attached hydrogens (tertiary/aromatic N) is 3. The molecule has 1 aromatic heterocycles. The van der Waals surface area contributed by atoms with E-state index in [1.54, 1.807) is 0 Å². The fourth-order valence-corrected chi connectivity index (χ4v) is 3.08. The van der Waals surface area contributed by atoms with Crippen molar-refractivity contribution in [2.75, 3.05) is 44.2 Å². The smallest absolute Gasteiger partial charge is 0.221 e. The predicted molar refractivity (Wildman–Crippen MR) is 101 cm³/mol. The molecule has 0 spiro atoms. The lowest BCUT2D eigenvalue weighted by molar-refractivity contribution is -0.121. The Hall–Kier alpha value is -2.40. The van der Waals surface area contributed by atoms with Gasteiger partial charge in [-0.05, 0) is 24.1 Å². The Morgan fingerprint density at radius 2 is 1.76 bits per heavy atom. The van der Waals surface area contributed by atoms with Gasteiger partial charge in [0.15, 0.2) is 0 Å². The largest absolute Gasteiger partial charge is 0.356 e. The van der Waals surface area contributed by atoms with Crippen LogP contribution in [-0.4, -0.2) is 55.1 Å². The highest BCUT2D eigenvalue weighted by Crippen LogP contribution is 2.12. The number of amides is 1. The van der Waals surface area contributed by atoms with E-state index in [1.807, 2.05) is 36.5 Å². The van der Waals surface area contributed by atoms with E-state index in [4.69, 9.17) is 0 Å². The monoisotopic (exact) mass is 338 g/mol. The standard InChI is InChI=1S/C20H26N4O/c25-20(22-12-9-18-6-2-1-3-7-18)10-13-23-14-16-24(17-15-23)19-8-4-5-11-21-19/h1-8,11H,9-10,12-17H2,(H,22,25). The molecule has 2 heterocycles. The third-order valence-corrected chi connectivity index (χ3v) is 4.58. The topological polar surface area (TPSA) is 48.5 Å². The van der Waals surface area contributed by atoms with Gasteiger partial charge in [0.05, 0.1) is 0 Å². The minimum Gasteiger partial charge on any atom is -0.356 e. The van der Waals surface area contributed by atoms with Gasteiger partial charge in [-0.2, -0.15) is 0 Å². The summed E-state index contributed by atoms with van der Waals surface area (Å²) in [5.41, 5.74) is 1.26. The lowest BCUT2D eigenvalue weighted by Crippen LogP contribution is -2.47. The van der Waals surface area contributed by atoms with Gasteiger partial charge in [0.25, 0.3) is 0 Å². The predicted octanol–water partition coefficient (Wildman–Crippen LogP) is 1.95. The number of pyridine rings is 1. The van der Waals surface area contributed by atoms with E-state index >= 15 is 0 Å². The van der Waals surface area contributed by atoms with Crippen molar-refractivity contribution >= 4 is 11.7 Å². The average Bonchev–Trinajstić information content (AvgIpc) is 2.68. The summed E-state index contributed by atoms with van der Waals surface area (Å²) in [5.74, 6) is 1.18. The van der Waals surface area contributed by atoms with E-state index in [1.165, 1.54) is 5.56 Å². The third-order valence-electron chi connectivity index (χ3n) is 4.58. The van der Waals surface area contributed by atoms with E-state index in [-0.39, 0.29) is 5.91 Å². The minimum atomic E-state index is 0.142. The molecular weight excluding hydrogens is 312 g/mol. The van der Waals surface area contributed by atoms with E-state index < -0.39 is 0 Å². The van der Waals surface area contributed by atoms with E-state index in [9.17, 15) is 4.79 Å². The molecule has 5 nitrogen and oxygen atoms in total. The van der Waals surface area contributed by atoms with Gasteiger partial charge in [0.1, 0.15) is 5.82 Å². The summed E-state index contributed by atoms with van der Waals surface area (Å²) in [6, 6.07) is 16.3.